The highest BCUT2D eigenvalue weighted by Gasteiger charge is 2.30. The molecular weight excluding hydrogens is 299 g/mol. The summed E-state index contributed by atoms with van der Waals surface area (Å²) in [7, 11) is 0. The molecule has 1 aromatic carbocycles. The molecule has 1 N–H and O–H groups in total. The Morgan fingerprint density at radius 1 is 1.32 bits per heavy atom. The van der Waals surface area contributed by atoms with E-state index in [-0.39, 0.29) is 24.5 Å². The zero-order valence-electron chi connectivity index (χ0n) is 11.4. The van der Waals surface area contributed by atoms with Gasteiger partial charge in [-0.1, -0.05) is 17.9 Å². The van der Waals surface area contributed by atoms with Crippen molar-refractivity contribution in [3.8, 4) is 11.8 Å². The van der Waals surface area contributed by atoms with Crippen molar-refractivity contribution in [2.45, 2.75) is 6.18 Å². The summed E-state index contributed by atoms with van der Waals surface area (Å²) in [6, 6.07) is 4.67. The number of hydrogen-bond donors (Lipinski definition) is 1. The summed E-state index contributed by atoms with van der Waals surface area (Å²) >= 11 is 0. The Labute approximate surface area is 124 Å². The summed E-state index contributed by atoms with van der Waals surface area (Å²) in [5, 5.41) is 2.46. The molecule has 1 aliphatic rings. The zero-order valence-corrected chi connectivity index (χ0v) is 11.4. The summed E-state index contributed by atoms with van der Waals surface area (Å²) in [5.41, 5.74) is -0.540. The summed E-state index contributed by atoms with van der Waals surface area (Å²) in [6.07, 6.45) is -3.20. The fourth-order valence-corrected chi connectivity index (χ4v) is 1.62. The first-order valence-corrected chi connectivity index (χ1v) is 6.36. The predicted octanol–water partition coefficient (Wildman–Crippen LogP) is 2.06. The third kappa shape index (κ3) is 4.45. The second kappa shape index (κ2) is 6.89. The van der Waals surface area contributed by atoms with Crippen LogP contribution in [0.15, 0.2) is 36.3 Å². The van der Waals surface area contributed by atoms with Crippen molar-refractivity contribution in [3.63, 3.8) is 0 Å². The molecule has 7 heteroatoms. The number of amides is 1. The van der Waals surface area contributed by atoms with Crippen LogP contribution in [0.4, 0.5) is 13.2 Å². The van der Waals surface area contributed by atoms with Crippen LogP contribution in [0.3, 0.4) is 0 Å². The highest BCUT2D eigenvalue weighted by atomic mass is 19.4. The molecule has 0 spiro atoms. The Morgan fingerprint density at radius 3 is 2.82 bits per heavy atom. The number of carbonyl (C=O) groups is 1. The van der Waals surface area contributed by atoms with Crippen molar-refractivity contribution in [3.05, 3.63) is 47.4 Å². The fraction of sp³-hybridized carbons (Fsp3) is 0.267. The molecule has 2 rings (SSSR count). The number of rotatable bonds is 2. The molecule has 0 unspecified atom stereocenters. The molecule has 0 fully saturated rings. The van der Waals surface area contributed by atoms with Crippen LogP contribution in [0.25, 0.3) is 0 Å². The second-order valence-corrected chi connectivity index (χ2v) is 4.26. The van der Waals surface area contributed by atoms with E-state index in [1.807, 2.05) is 0 Å². The minimum atomic E-state index is -4.41. The molecule has 0 radical (unpaired) electrons. The second-order valence-electron chi connectivity index (χ2n) is 4.26. The summed E-state index contributed by atoms with van der Waals surface area (Å²) in [4.78, 5) is 11.6. The number of hydrogen-bond acceptors (Lipinski definition) is 3. The van der Waals surface area contributed by atoms with E-state index in [1.165, 1.54) is 18.4 Å². The van der Waals surface area contributed by atoms with Gasteiger partial charge in [0.1, 0.15) is 19.5 Å². The van der Waals surface area contributed by atoms with Gasteiger partial charge in [-0.05, 0) is 18.2 Å². The maximum atomic E-state index is 12.5. The molecular formula is C15H12F3NO3. The Hall–Kier alpha value is -2.62. The number of nitrogens with one attached hydrogen (secondary N) is 1. The standard InChI is InChI=1S/C15H12F3NO3/c16-15(17,18)12-5-1-3-11(9-12)4-2-6-19-14(20)13-10-21-7-8-22-13/h1,3,5,9-10H,6-8H2,(H,19,20). The van der Waals surface area contributed by atoms with Crippen molar-refractivity contribution < 1.29 is 27.4 Å². The highest BCUT2D eigenvalue weighted by Crippen LogP contribution is 2.29. The van der Waals surface area contributed by atoms with Gasteiger partial charge in [-0.15, -0.1) is 0 Å². The van der Waals surface area contributed by atoms with Crippen molar-refractivity contribution in [2.24, 2.45) is 0 Å². The lowest BCUT2D eigenvalue weighted by Crippen LogP contribution is -2.28. The molecule has 1 aromatic rings. The molecule has 0 saturated heterocycles. The van der Waals surface area contributed by atoms with Crippen LogP contribution in [0.2, 0.25) is 0 Å². The van der Waals surface area contributed by atoms with Crippen molar-refractivity contribution in [1.29, 1.82) is 0 Å². The van der Waals surface area contributed by atoms with E-state index in [0.29, 0.717) is 6.61 Å². The van der Waals surface area contributed by atoms with E-state index < -0.39 is 17.6 Å². The normalized spacial score (nSPS) is 13.9. The molecule has 0 saturated carbocycles. The topological polar surface area (TPSA) is 47.6 Å². The summed E-state index contributed by atoms with van der Waals surface area (Å²) < 4.78 is 47.6. The number of benzene rings is 1. The maximum absolute atomic E-state index is 12.5. The lowest BCUT2D eigenvalue weighted by molar-refractivity contribution is -0.137. The van der Waals surface area contributed by atoms with Gasteiger partial charge in [0.15, 0.2) is 0 Å². The van der Waals surface area contributed by atoms with Crippen LogP contribution >= 0.6 is 0 Å². The Morgan fingerprint density at radius 2 is 2.14 bits per heavy atom. The Kier molecular flexibility index (Phi) is 4.94. The highest BCUT2D eigenvalue weighted by molar-refractivity contribution is 5.91. The zero-order chi connectivity index (χ0) is 16.0. The first-order chi connectivity index (χ1) is 10.5. The summed E-state index contributed by atoms with van der Waals surface area (Å²) in [6.45, 7) is 0.650. The first-order valence-electron chi connectivity index (χ1n) is 6.36. The van der Waals surface area contributed by atoms with Crippen molar-refractivity contribution in [2.75, 3.05) is 19.8 Å². The lowest BCUT2D eigenvalue weighted by atomic mass is 10.1. The molecule has 0 atom stereocenters. The number of alkyl halides is 3. The Bertz CT molecular complexity index is 641. The third-order valence-electron chi connectivity index (χ3n) is 2.63. The Balaban J connectivity index is 1.91. The maximum Gasteiger partial charge on any atom is 0.416 e. The average molecular weight is 311 g/mol. The van der Waals surface area contributed by atoms with Crippen molar-refractivity contribution in [1.82, 2.24) is 5.32 Å². The number of halogens is 3. The molecule has 22 heavy (non-hydrogen) atoms. The molecule has 116 valence electrons. The molecule has 0 aliphatic carbocycles. The predicted molar refractivity (Wildman–Crippen MR) is 71.3 cm³/mol. The number of carbonyl (C=O) groups excluding carboxylic acids is 1. The SMILES string of the molecule is O=C(NCC#Cc1cccc(C(F)(F)F)c1)C1=COCCO1. The first kappa shape index (κ1) is 15.8. The van der Waals surface area contributed by atoms with Gasteiger partial charge in [-0.2, -0.15) is 13.2 Å². The molecule has 1 aliphatic heterocycles. The van der Waals surface area contributed by atoms with Crippen LogP contribution in [-0.2, 0) is 20.4 Å². The van der Waals surface area contributed by atoms with Gasteiger partial charge in [0.05, 0.1) is 12.1 Å². The van der Waals surface area contributed by atoms with Gasteiger partial charge in [0.25, 0.3) is 5.91 Å². The van der Waals surface area contributed by atoms with Crippen LogP contribution in [0.5, 0.6) is 0 Å². The fourth-order valence-electron chi connectivity index (χ4n) is 1.62. The molecule has 1 amide bonds. The van der Waals surface area contributed by atoms with E-state index >= 15 is 0 Å². The van der Waals surface area contributed by atoms with Gasteiger partial charge in [0, 0.05) is 5.56 Å². The van der Waals surface area contributed by atoms with Gasteiger partial charge in [0.2, 0.25) is 5.76 Å². The van der Waals surface area contributed by atoms with Gasteiger partial charge in [-0.3, -0.25) is 4.79 Å². The van der Waals surface area contributed by atoms with Gasteiger partial charge >= 0.3 is 6.18 Å². The third-order valence-corrected chi connectivity index (χ3v) is 2.63. The summed E-state index contributed by atoms with van der Waals surface area (Å²) in [5.74, 6) is 4.70. The van der Waals surface area contributed by atoms with E-state index in [1.54, 1.807) is 0 Å². The quantitative estimate of drug-likeness (QED) is 0.851. The minimum Gasteiger partial charge on any atom is -0.494 e. The van der Waals surface area contributed by atoms with Gasteiger partial charge in [-0.25, -0.2) is 0 Å². The van der Waals surface area contributed by atoms with E-state index in [4.69, 9.17) is 9.47 Å². The van der Waals surface area contributed by atoms with Crippen LogP contribution in [0, 0.1) is 11.8 Å². The number of ether oxygens (including phenoxy) is 2. The van der Waals surface area contributed by atoms with E-state index in [9.17, 15) is 18.0 Å². The van der Waals surface area contributed by atoms with Crippen LogP contribution in [-0.4, -0.2) is 25.7 Å². The monoisotopic (exact) mass is 311 g/mol. The molecule has 1 heterocycles. The van der Waals surface area contributed by atoms with E-state index in [2.05, 4.69) is 17.2 Å². The largest absolute Gasteiger partial charge is 0.494 e. The molecule has 0 bridgehead atoms. The smallest absolute Gasteiger partial charge is 0.416 e. The lowest BCUT2D eigenvalue weighted by Gasteiger charge is -2.14. The van der Waals surface area contributed by atoms with Crippen LogP contribution < -0.4 is 5.32 Å². The van der Waals surface area contributed by atoms with Gasteiger partial charge < -0.3 is 14.8 Å². The van der Waals surface area contributed by atoms with Crippen LogP contribution in [0.1, 0.15) is 11.1 Å². The molecule has 4 nitrogen and oxygen atoms in total. The van der Waals surface area contributed by atoms with Crippen molar-refractivity contribution >= 4 is 5.91 Å². The van der Waals surface area contributed by atoms with E-state index in [0.717, 1.165) is 12.1 Å². The minimum absolute atomic E-state index is 0.0181. The molecule has 0 aromatic heterocycles. The average Bonchev–Trinajstić information content (AvgIpc) is 2.52.